The molecule has 0 unspecified atom stereocenters. The van der Waals surface area contributed by atoms with Gasteiger partial charge in [-0.15, -0.1) is 0 Å². The zero-order valence-corrected chi connectivity index (χ0v) is 10.4. The quantitative estimate of drug-likeness (QED) is 0.625. The lowest BCUT2D eigenvalue weighted by molar-refractivity contribution is 0.103. The number of fused-ring (bicyclic) bond motifs is 2. The molecule has 5 heteroatoms. The maximum Gasteiger partial charge on any atom is 0.209 e. The summed E-state index contributed by atoms with van der Waals surface area (Å²) in [6, 6.07) is 12.2. The van der Waals surface area contributed by atoms with Crippen molar-refractivity contribution in [2.45, 2.75) is 9.79 Å². The first-order chi connectivity index (χ1) is 9.07. The van der Waals surface area contributed by atoms with Crippen LogP contribution in [0, 0.1) is 11.3 Å². The predicted molar refractivity (Wildman–Crippen MR) is 66.5 cm³/mol. The van der Waals surface area contributed by atoms with Crippen LogP contribution >= 0.6 is 0 Å². The predicted octanol–water partition coefficient (Wildman–Crippen LogP) is 1.94. The summed E-state index contributed by atoms with van der Waals surface area (Å²) in [5, 5.41) is 9.03. The molecule has 0 aromatic heterocycles. The molecule has 0 fully saturated rings. The van der Waals surface area contributed by atoms with E-state index in [4.69, 9.17) is 5.26 Å². The lowest BCUT2D eigenvalue weighted by Crippen LogP contribution is -2.21. The molecule has 0 bridgehead atoms. The van der Waals surface area contributed by atoms with E-state index in [9.17, 15) is 13.2 Å². The molecule has 1 aliphatic rings. The van der Waals surface area contributed by atoms with Gasteiger partial charge in [-0.25, -0.2) is 8.42 Å². The highest BCUT2D eigenvalue weighted by atomic mass is 32.2. The number of ketones is 1. The maximum atomic E-state index is 12.5. The van der Waals surface area contributed by atoms with Crippen LogP contribution < -0.4 is 0 Å². The summed E-state index contributed by atoms with van der Waals surface area (Å²) in [5.41, 5.74) is 0.225. The Balaban J connectivity index is 2.51. The van der Waals surface area contributed by atoms with Gasteiger partial charge >= 0.3 is 0 Å². The number of rotatable bonds is 0. The first kappa shape index (κ1) is 11.6. The number of carbonyl (C=O) groups is 1. The van der Waals surface area contributed by atoms with Crippen molar-refractivity contribution in [3.63, 3.8) is 0 Å². The molecule has 2 aromatic carbocycles. The SMILES string of the molecule is N#Cc1cccc2c1S(=O)(=O)c1ccccc1C2=O. The molecule has 0 aliphatic carbocycles. The molecule has 1 heterocycles. The van der Waals surface area contributed by atoms with Gasteiger partial charge in [0.1, 0.15) is 11.0 Å². The Morgan fingerprint density at radius 3 is 2.37 bits per heavy atom. The fraction of sp³-hybridized carbons (Fsp3) is 0. The molecule has 4 nitrogen and oxygen atoms in total. The van der Waals surface area contributed by atoms with E-state index in [1.807, 2.05) is 6.07 Å². The Morgan fingerprint density at radius 1 is 0.947 bits per heavy atom. The minimum Gasteiger partial charge on any atom is -0.289 e. The van der Waals surface area contributed by atoms with E-state index in [1.165, 1.54) is 30.3 Å². The van der Waals surface area contributed by atoms with Crippen LogP contribution in [-0.2, 0) is 9.84 Å². The Hall–Kier alpha value is -2.45. The molecule has 0 N–H and O–H groups in total. The fourth-order valence-corrected chi connectivity index (χ4v) is 4.02. The van der Waals surface area contributed by atoms with E-state index < -0.39 is 9.84 Å². The number of hydrogen-bond donors (Lipinski definition) is 0. The van der Waals surface area contributed by atoms with Crippen LogP contribution in [0.15, 0.2) is 52.3 Å². The topological polar surface area (TPSA) is 75.0 Å². The van der Waals surface area contributed by atoms with Gasteiger partial charge in [0.05, 0.1) is 10.5 Å². The molecule has 19 heavy (non-hydrogen) atoms. The summed E-state index contributed by atoms with van der Waals surface area (Å²) < 4.78 is 25.0. The van der Waals surface area contributed by atoms with Crippen LogP contribution in [0.4, 0.5) is 0 Å². The maximum absolute atomic E-state index is 12.5. The summed E-state index contributed by atoms with van der Waals surface area (Å²) in [6.45, 7) is 0. The van der Waals surface area contributed by atoms with Crippen molar-refractivity contribution in [2.75, 3.05) is 0 Å². The minimum atomic E-state index is -3.82. The average Bonchev–Trinajstić information content (AvgIpc) is 2.44. The van der Waals surface area contributed by atoms with E-state index >= 15 is 0 Å². The average molecular weight is 269 g/mol. The van der Waals surface area contributed by atoms with Crippen LogP contribution in [0.5, 0.6) is 0 Å². The number of nitrogens with zero attached hydrogens (tertiary/aromatic N) is 1. The van der Waals surface area contributed by atoms with Gasteiger partial charge < -0.3 is 0 Å². The number of hydrogen-bond acceptors (Lipinski definition) is 4. The third-order valence-electron chi connectivity index (χ3n) is 3.07. The van der Waals surface area contributed by atoms with Crippen molar-refractivity contribution >= 4 is 15.6 Å². The Labute approximate surface area is 109 Å². The molecule has 1 aliphatic heterocycles. The zero-order chi connectivity index (χ0) is 13.6. The largest absolute Gasteiger partial charge is 0.289 e. The molecule has 0 radical (unpaired) electrons. The molecule has 3 rings (SSSR count). The Bertz CT molecular complexity index is 861. The molecular formula is C14H7NO3S. The fourth-order valence-electron chi connectivity index (χ4n) is 2.24. The third-order valence-corrected chi connectivity index (χ3v) is 4.98. The standard InChI is InChI=1S/C14H7NO3S/c15-8-9-4-3-6-11-13(16)10-5-1-2-7-12(10)19(17,18)14(9)11/h1-7H. The van der Waals surface area contributed by atoms with E-state index in [2.05, 4.69) is 0 Å². The molecule has 2 aromatic rings. The van der Waals surface area contributed by atoms with Gasteiger partial charge in [0.15, 0.2) is 5.78 Å². The van der Waals surface area contributed by atoms with Gasteiger partial charge in [-0.2, -0.15) is 5.26 Å². The summed E-state index contributed by atoms with van der Waals surface area (Å²) in [5.74, 6) is -0.363. The Morgan fingerprint density at radius 2 is 1.63 bits per heavy atom. The number of benzene rings is 2. The van der Waals surface area contributed by atoms with Gasteiger partial charge in [-0.3, -0.25) is 4.79 Å². The van der Waals surface area contributed by atoms with Crippen molar-refractivity contribution in [3.8, 4) is 6.07 Å². The highest BCUT2D eigenvalue weighted by Gasteiger charge is 2.36. The normalized spacial score (nSPS) is 15.2. The Kier molecular flexibility index (Phi) is 2.31. The smallest absolute Gasteiger partial charge is 0.209 e. The molecule has 92 valence electrons. The van der Waals surface area contributed by atoms with Crippen molar-refractivity contribution in [1.82, 2.24) is 0 Å². The molecule has 0 saturated carbocycles. The highest BCUT2D eigenvalue weighted by Crippen LogP contribution is 2.35. The molecule has 0 atom stereocenters. The molecular weight excluding hydrogens is 262 g/mol. The van der Waals surface area contributed by atoms with Gasteiger partial charge in [0.2, 0.25) is 9.84 Å². The van der Waals surface area contributed by atoms with Crippen LogP contribution in [0.2, 0.25) is 0 Å². The van der Waals surface area contributed by atoms with E-state index in [0.29, 0.717) is 0 Å². The second-order valence-corrected chi connectivity index (χ2v) is 5.98. The van der Waals surface area contributed by atoms with Crippen molar-refractivity contribution in [1.29, 1.82) is 5.26 Å². The zero-order valence-electron chi connectivity index (χ0n) is 9.62. The minimum absolute atomic E-state index is 0.000327. The van der Waals surface area contributed by atoms with Crippen LogP contribution in [-0.4, -0.2) is 14.2 Å². The molecule has 0 saturated heterocycles. The summed E-state index contributed by atoms with van der Waals surface area (Å²) in [6.07, 6.45) is 0. The summed E-state index contributed by atoms with van der Waals surface area (Å²) in [7, 11) is -3.82. The summed E-state index contributed by atoms with van der Waals surface area (Å²) >= 11 is 0. The third kappa shape index (κ3) is 1.44. The van der Waals surface area contributed by atoms with Gasteiger partial charge in [0, 0.05) is 11.1 Å². The van der Waals surface area contributed by atoms with Crippen molar-refractivity contribution in [3.05, 3.63) is 59.2 Å². The van der Waals surface area contributed by atoms with E-state index in [-0.39, 0.29) is 32.3 Å². The van der Waals surface area contributed by atoms with Gasteiger partial charge in [-0.1, -0.05) is 18.2 Å². The number of carbonyl (C=O) groups excluding carboxylic acids is 1. The van der Waals surface area contributed by atoms with Crippen molar-refractivity contribution in [2.24, 2.45) is 0 Å². The number of nitriles is 1. The van der Waals surface area contributed by atoms with E-state index in [0.717, 1.165) is 0 Å². The second kappa shape index (κ2) is 3.77. The number of sulfone groups is 1. The second-order valence-electron chi connectivity index (χ2n) is 4.12. The van der Waals surface area contributed by atoms with Gasteiger partial charge in [-0.05, 0) is 24.3 Å². The van der Waals surface area contributed by atoms with Crippen molar-refractivity contribution < 1.29 is 13.2 Å². The molecule has 0 amide bonds. The lowest BCUT2D eigenvalue weighted by Gasteiger charge is -2.19. The first-order valence-corrected chi connectivity index (χ1v) is 6.97. The highest BCUT2D eigenvalue weighted by molar-refractivity contribution is 7.91. The first-order valence-electron chi connectivity index (χ1n) is 5.49. The van der Waals surface area contributed by atoms with E-state index in [1.54, 1.807) is 12.1 Å². The van der Waals surface area contributed by atoms with Crippen LogP contribution in [0.25, 0.3) is 0 Å². The van der Waals surface area contributed by atoms with Crippen LogP contribution in [0.3, 0.4) is 0 Å². The van der Waals surface area contributed by atoms with Crippen LogP contribution in [0.1, 0.15) is 21.5 Å². The summed E-state index contributed by atoms with van der Waals surface area (Å²) in [4.78, 5) is 12.1. The van der Waals surface area contributed by atoms with Gasteiger partial charge in [0.25, 0.3) is 0 Å². The monoisotopic (exact) mass is 269 g/mol. The molecule has 0 spiro atoms. The lowest BCUT2D eigenvalue weighted by atomic mass is 10.0.